The Kier molecular flexibility index (Phi) is 7.37. The minimum absolute atomic E-state index is 0.0515. The maximum Gasteiger partial charge on any atom is 0.251 e. The molecule has 162 valence electrons. The highest BCUT2D eigenvalue weighted by Gasteiger charge is 2.21. The molecule has 1 fully saturated rings. The fourth-order valence-corrected chi connectivity index (χ4v) is 4.29. The van der Waals surface area contributed by atoms with E-state index in [4.69, 9.17) is 0 Å². The molecule has 0 bridgehead atoms. The number of aliphatic imine (C=N–C) groups is 1. The molecule has 6 nitrogen and oxygen atoms in total. The minimum Gasteiger partial charge on any atom is -0.363 e. The molecule has 1 saturated heterocycles. The lowest BCUT2D eigenvalue weighted by Gasteiger charge is -2.33. The Morgan fingerprint density at radius 3 is 2.60 bits per heavy atom. The third-order valence-corrected chi connectivity index (χ3v) is 5.94. The monoisotopic (exact) mass is 427 g/mol. The molecule has 30 heavy (non-hydrogen) atoms. The fraction of sp³-hybridized carbons (Fsp3) is 0.478. The standard InChI is InChI=1S/C23H33N5OS/c1-23(2,3)27-21(29)18-8-5-7-17(15-18)16-25-22(24-4)26-19-10-12-28(13-11-19)20-9-6-14-30-20/h5-9,14-15,19H,10-13,16H2,1-4H3,(H,27,29)(H2,24,25,26). The number of nitrogens with zero attached hydrogens (tertiary/aromatic N) is 2. The predicted octanol–water partition coefficient (Wildman–Crippen LogP) is 3.61. The summed E-state index contributed by atoms with van der Waals surface area (Å²) >= 11 is 1.80. The number of amides is 1. The van der Waals surface area contributed by atoms with Crippen LogP contribution in [0.25, 0.3) is 0 Å². The maximum absolute atomic E-state index is 12.4. The average molecular weight is 428 g/mol. The van der Waals surface area contributed by atoms with E-state index in [9.17, 15) is 4.79 Å². The lowest BCUT2D eigenvalue weighted by molar-refractivity contribution is 0.0919. The van der Waals surface area contributed by atoms with Gasteiger partial charge < -0.3 is 20.9 Å². The van der Waals surface area contributed by atoms with Crippen LogP contribution < -0.4 is 20.9 Å². The van der Waals surface area contributed by atoms with Gasteiger partial charge >= 0.3 is 0 Å². The lowest BCUT2D eigenvalue weighted by atomic mass is 10.1. The molecular weight excluding hydrogens is 394 g/mol. The van der Waals surface area contributed by atoms with Crippen LogP contribution in [0.4, 0.5) is 5.00 Å². The number of nitrogens with one attached hydrogen (secondary N) is 3. The van der Waals surface area contributed by atoms with E-state index in [0.717, 1.165) is 37.5 Å². The molecule has 1 amide bonds. The first-order valence-corrected chi connectivity index (χ1v) is 11.4. The molecular formula is C23H33N5OS. The SMILES string of the molecule is CN=C(NCc1cccc(C(=O)NC(C)(C)C)c1)NC1CCN(c2cccs2)CC1. The third kappa shape index (κ3) is 6.49. The van der Waals surface area contributed by atoms with Gasteiger partial charge in [-0.15, -0.1) is 11.3 Å². The molecule has 3 N–H and O–H groups in total. The molecule has 1 aromatic heterocycles. The number of hydrogen-bond donors (Lipinski definition) is 3. The zero-order chi connectivity index (χ0) is 21.6. The van der Waals surface area contributed by atoms with Crippen molar-refractivity contribution in [3.63, 3.8) is 0 Å². The van der Waals surface area contributed by atoms with Crippen LogP contribution in [-0.2, 0) is 6.54 Å². The van der Waals surface area contributed by atoms with E-state index in [2.05, 4.69) is 43.4 Å². The normalized spacial score (nSPS) is 15.7. The molecule has 7 heteroatoms. The largest absolute Gasteiger partial charge is 0.363 e. The van der Waals surface area contributed by atoms with E-state index < -0.39 is 0 Å². The number of anilines is 1. The van der Waals surface area contributed by atoms with Gasteiger partial charge in [0.15, 0.2) is 5.96 Å². The van der Waals surface area contributed by atoms with Crippen molar-refractivity contribution in [1.29, 1.82) is 0 Å². The summed E-state index contributed by atoms with van der Waals surface area (Å²) in [5.41, 5.74) is 1.47. The third-order valence-electron chi connectivity index (χ3n) is 5.01. The summed E-state index contributed by atoms with van der Waals surface area (Å²) in [7, 11) is 1.79. The smallest absolute Gasteiger partial charge is 0.251 e. The van der Waals surface area contributed by atoms with Crippen molar-refractivity contribution in [3.05, 3.63) is 52.9 Å². The van der Waals surface area contributed by atoms with Crippen molar-refractivity contribution in [2.75, 3.05) is 25.0 Å². The quantitative estimate of drug-likeness (QED) is 0.504. The van der Waals surface area contributed by atoms with E-state index in [-0.39, 0.29) is 11.4 Å². The molecule has 0 aliphatic carbocycles. The molecule has 0 radical (unpaired) electrons. The average Bonchev–Trinajstić information content (AvgIpc) is 3.25. The summed E-state index contributed by atoms with van der Waals surface area (Å²) in [5.74, 6) is 0.749. The zero-order valence-electron chi connectivity index (χ0n) is 18.4. The molecule has 1 aromatic carbocycles. The van der Waals surface area contributed by atoms with Gasteiger partial charge in [0.05, 0.1) is 5.00 Å². The Morgan fingerprint density at radius 1 is 1.20 bits per heavy atom. The van der Waals surface area contributed by atoms with Crippen LogP contribution in [0.5, 0.6) is 0 Å². The number of thiophene rings is 1. The predicted molar refractivity (Wildman–Crippen MR) is 127 cm³/mol. The summed E-state index contributed by atoms with van der Waals surface area (Å²) in [5, 5.41) is 13.4. The summed E-state index contributed by atoms with van der Waals surface area (Å²) in [6.45, 7) is 8.68. The van der Waals surface area contributed by atoms with Crippen molar-refractivity contribution < 1.29 is 4.79 Å². The molecule has 0 saturated carbocycles. The van der Waals surface area contributed by atoms with Crippen LogP contribution in [0.3, 0.4) is 0 Å². The van der Waals surface area contributed by atoms with Crippen molar-refractivity contribution in [3.8, 4) is 0 Å². The first-order chi connectivity index (χ1) is 14.3. The van der Waals surface area contributed by atoms with E-state index in [1.807, 2.05) is 45.0 Å². The number of carbonyl (C=O) groups is 1. The number of guanidine groups is 1. The second-order valence-corrected chi connectivity index (χ2v) is 9.61. The summed E-state index contributed by atoms with van der Waals surface area (Å²) in [6.07, 6.45) is 2.17. The van der Waals surface area contributed by atoms with Gasteiger partial charge in [0.1, 0.15) is 0 Å². The van der Waals surface area contributed by atoms with Crippen molar-refractivity contribution in [2.45, 2.75) is 51.7 Å². The zero-order valence-corrected chi connectivity index (χ0v) is 19.2. The maximum atomic E-state index is 12.4. The Labute approximate surface area is 183 Å². The molecule has 0 atom stereocenters. The van der Waals surface area contributed by atoms with Gasteiger partial charge in [-0.3, -0.25) is 9.79 Å². The van der Waals surface area contributed by atoms with Crippen LogP contribution in [0.1, 0.15) is 49.5 Å². The summed E-state index contributed by atoms with van der Waals surface area (Å²) in [4.78, 5) is 19.2. The van der Waals surface area contributed by atoms with Gasteiger partial charge in [0, 0.05) is 43.8 Å². The Bertz CT molecular complexity index is 849. The molecule has 2 aromatic rings. The minimum atomic E-state index is -0.254. The Balaban J connectivity index is 1.49. The van der Waals surface area contributed by atoms with Gasteiger partial charge in [-0.25, -0.2) is 0 Å². The van der Waals surface area contributed by atoms with Crippen LogP contribution in [0, 0.1) is 0 Å². The van der Waals surface area contributed by atoms with Gasteiger partial charge in [0.25, 0.3) is 5.91 Å². The topological polar surface area (TPSA) is 68.8 Å². The summed E-state index contributed by atoms with van der Waals surface area (Å²) in [6, 6.07) is 12.4. The molecule has 0 unspecified atom stereocenters. The van der Waals surface area contributed by atoms with Crippen molar-refractivity contribution in [1.82, 2.24) is 16.0 Å². The molecule has 3 rings (SSSR count). The second-order valence-electron chi connectivity index (χ2n) is 8.69. The lowest BCUT2D eigenvalue weighted by Crippen LogP contribution is -2.48. The summed E-state index contributed by atoms with van der Waals surface area (Å²) < 4.78 is 0. The van der Waals surface area contributed by atoms with E-state index in [1.165, 1.54) is 5.00 Å². The number of hydrogen-bond acceptors (Lipinski definition) is 4. The number of carbonyl (C=O) groups excluding carboxylic acids is 1. The van der Waals surface area contributed by atoms with E-state index in [1.54, 1.807) is 18.4 Å². The second kappa shape index (κ2) is 9.98. The van der Waals surface area contributed by atoms with Gasteiger partial charge in [0.2, 0.25) is 0 Å². The van der Waals surface area contributed by atoms with Crippen LogP contribution in [0.15, 0.2) is 46.8 Å². The first-order valence-electron chi connectivity index (χ1n) is 10.5. The highest BCUT2D eigenvalue weighted by Crippen LogP contribution is 2.24. The van der Waals surface area contributed by atoms with Crippen molar-refractivity contribution >= 4 is 28.2 Å². The van der Waals surface area contributed by atoms with E-state index in [0.29, 0.717) is 18.2 Å². The van der Waals surface area contributed by atoms with Crippen LogP contribution in [0.2, 0.25) is 0 Å². The van der Waals surface area contributed by atoms with Crippen LogP contribution >= 0.6 is 11.3 Å². The highest BCUT2D eigenvalue weighted by molar-refractivity contribution is 7.14. The van der Waals surface area contributed by atoms with E-state index >= 15 is 0 Å². The Morgan fingerprint density at radius 2 is 1.97 bits per heavy atom. The highest BCUT2D eigenvalue weighted by atomic mass is 32.1. The van der Waals surface area contributed by atoms with Gasteiger partial charge in [-0.2, -0.15) is 0 Å². The molecule has 2 heterocycles. The number of rotatable bonds is 5. The fourth-order valence-electron chi connectivity index (χ4n) is 3.50. The van der Waals surface area contributed by atoms with Crippen molar-refractivity contribution in [2.24, 2.45) is 4.99 Å². The molecule has 1 aliphatic rings. The number of benzene rings is 1. The molecule has 1 aliphatic heterocycles. The van der Waals surface area contributed by atoms with Gasteiger partial charge in [-0.1, -0.05) is 12.1 Å². The first kappa shape index (κ1) is 22.2. The van der Waals surface area contributed by atoms with Crippen LogP contribution in [-0.4, -0.2) is 43.6 Å². The number of piperidine rings is 1. The Hall–Kier alpha value is -2.54. The molecule has 0 spiro atoms. The van der Waals surface area contributed by atoms with Gasteiger partial charge in [-0.05, 0) is 68.8 Å².